The average molecular weight is 627 g/mol. The van der Waals surface area contributed by atoms with E-state index in [1.165, 1.54) is 11.6 Å². The van der Waals surface area contributed by atoms with Crippen molar-refractivity contribution >= 4 is 59.5 Å². The number of nitrogens with zero attached hydrogens (tertiary/aromatic N) is 2. The van der Waals surface area contributed by atoms with E-state index in [9.17, 15) is 15.2 Å². The highest BCUT2D eigenvalue weighted by Gasteiger charge is 2.13. The van der Waals surface area contributed by atoms with E-state index in [-0.39, 0.29) is 5.57 Å². The van der Waals surface area contributed by atoms with Gasteiger partial charge >= 0.3 is 5.97 Å². The summed E-state index contributed by atoms with van der Waals surface area (Å²) in [4.78, 5) is 13.5. The van der Waals surface area contributed by atoms with E-state index < -0.39 is 5.97 Å². The van der Waals surface area contributed by atoms with Crippen LogP contribution in [-0.2, 0) is 4.79 Å². The molecular weight excluding hydrogens is 588 g/mol. The van der Waals surface area contributed by atoms with Gasteiger partial charge in [0.2, 0.25) is 0 Å². The summed E-state index contributed by atoms with van der Waals surface area (Å²) in [6.07, 6.45) is 15.4. The Kier molecular flexibility index (Phi) is 11.3. The molecule has 0 aliphatic heterocycles. The molecule has 0 bridgehead atoms. The summed E-state index contributed by atoms with van der Waals surface area (Å²) in [6, 6.07) is 44.8. The lowest BCUT2D eigenvalue weighted by Gasteiger charge is -2.26. The molecule has 0 heterocycles. The van der Waals surface area contributed by atoms with Gasteiger partial charge in [0, 0.05) is 17.1 Å². The van der Waals surface area contributed by atoms with E-state index in [0.29, 0.717) is 11.5 Å². The molecule has 0 spiro atoms. The maximum absolute atomic E-state index is 11.3. The Hall–Kier alpha value is -6.18. The Morgan fingerprint density at radius 2 is 1.00 bits per heavy atom. The van der Waals surface area contributed by atoms with E-state index in [2.05, 4.69) is 140 Å². The maximum atomic E-state index is 11.3. The van der Waals surface area contributed by atoms with Gasteiger partial charge in [-0.05, 0) is 81.8 Å². The summed E-state index contributed by atoms with van der Waals surface area (Å²) in [7, 11) is 0. The largest absolute Gasteiger partial charge is 0.477 e. The molecule has 1 N–H and O–H groups in total. The molecular formula is C44H38N2O2. The standard InChI is InChI=1S/C44H38N2O2/c1-3-33(2)9-10-35-13-15-36(16-14-35)17-18-38-21-27-42(28-22-38)46(43-29-23-39(24-30-43)31-40(32-45)44(47)48)41-25-19-37(20-26-41)12-11-34-7-5-4-6-8-34/h4-31,33H,3H2,1-2H3,(H,47,48)/b10-9-,12-11-,18-17-,40-31-. The van der Waals surface area contributed by atoms with Crippen molar-refractivity contribution in [1.29, 1.82) is 5.26 Å². The normalized spacial score (nSPS) is 12.4. The summed E-state index contributed by atoms with van der Waals surface area (Å²) in [5.41, 5.74) is 8.83. The van der Waals surface area contributed by atoms with Crippen molar-refractivity contribution in [2.75, 3.05) is 4.90 Å². The van der Waals surface area contributed by atoms with Crippen LogP contribution in [0, 0.1) is 17.2 Å². The quantitative estimate of drug-likeness (QED) is 0.0850. The van der Waals surface area contributed by atoms with Crippen molar-refractivity contribution in [2.45, 2.75) is 20.3 Å². The molecule has 0 fully saturated rings. The van der Waals surface area contributed by atoms with Crippen LogP contribution in [0.3, 0.4) is 0 Å². The van der Waals surface area contributed by atoms with Gasteiger partial charge in [-0.15, -0.1) is 0 Å². The van der Waals surface area contributed by atoms with Crippen LogP contribution >= 0.6 is 0 Å². The summed E-state index contributed by atoms with van der Waals surface area (Å²) >= 11 is 0. The Morgan fingerprint density at radius 3 is 1.40 bits per heavy atom. The lowest BCUT2D eigenvalue weighted by Crippen LogP contribution is -2.09. The van der Waals surface area contributed by atoms with E-state index in [1.54, 1.807) is 6.07 Å². The number of aliphatic carboxylic acids is 1. The summed E-state index contributed by atoms with van der Waals surface area (Å²) < 4.78 is 0. The van der Waals surface area contributed by atoms with Crippen LogP contribution in [0.25, 0.3) is 36.5 Å². The Morgan fingerprint density at radius 1 is 0.625 bits per heavy atom. The van der Waals surface area contributed by atoms with Crippen molar-refractivity contribution in [3.63, 3.8) is 0 Å². The summed E-state index contributed by atoms with van der Waals surface area (Å²) in [5.74, 6) is -0.673. The second-order valence-corrected chi connectivity index (χ2v) is 11.6. The molecule has 5 aromatic rings. The monoisotopic (exact) mass is 626 g/mol. The lowest BCUT2D eigenvalue weighted by molar-refractivity contribution is -0.132. The fourth-order valence-electron chi connectivity index (χ4n) is 5.02. The molecule has 0 saturated heterocycles. The van der Waals surface area contributed by atoms with Gasteiger partial charge < -0.3 is 10.0 Å². The van der Waals surface area contributed by atoms with Gasteiger partial charge in [0.1, 0.15) is 11.6 Å². The first-order valence-electron chi connectivity index (χ1n) is 16.1. The minimum atomic E-state index is -1.25. The van der Waals surface area contributed by atoms with Crippen molar-refractivity contribution in [3.05, 3.63) is 172 Å². The van der Waals surface area contributed by atoms with E-state index in [4.69, 9.17) is 0 Å². The van der Waals surface area contributed by atoms with Crippen molar-refractivity contribution in [2.24, 2.45) is 5.92 Å². The first-order chi connectivity index (χ1) is 23.4. The predicted octanol–water partition coefficient (Wildman–Crippen LogP) is 11.5. The van der Waals surface area contributed by atoms with Crippen LogP contribution < -0.4 is 4.90 Å². The van der Waals surface area contributed by atoms with Gasteiger partial charge in [0.15, 0.2) is 0 Å². The van der Waals surface area contributed by atoms with Crippen molar-refractivity contribution in [1.82, 2.24) is 0 Å². The fourth-order valence-corrected chi connectivity index (χ4v) is 5.02. The number of hydrogen-bond donors (Lipinski definition) is 1. The second-order valence-electron chi connectivity index (χ2n) is 11.6. The first-order valence-corrected chi connectivity index (χ1v) is 16.1. The number of anilines is 3. The number of nitriles is 1. The summed E-state index contributed by atoms with van der Waals surface area (Å²) in [6.45, 7) is 4.42. The van der Waals surface area contributed by atoms with Crippen LogP contribution in [0.1, 0.15) is 53.6 Å². The molecule has 5 aromatic carbocycles. The van der Waals surface area contributed by atoms with Gasteiger partial charge in [0.05, 0.1) is 0 Å². The zero-order valence-corrected chi connectivity index (χ0v) is 27.2. The highest BCUT2D eigenvalue weighted by atomic mass is 16.4. The minimum Gasteiger partial charge on any atom is -0.477 e. The van der Waals surface area contributed by atoms with E-state index in [0.717, 1.165) is 45.7 Å². The van der Waals surface area contributed by atoms with Crippen LogP contribution in [0.15, 0.2) is 139 Å². The number of benzene rings is 5. The van der Waals surface area contributed by atoms with Gasteiger partial charge in [-0.2, -0.15) is 5.26 Å². The van der Waals surface area contributed by atoms with Gasteiger partial charge in [-0.1, -0.05) is 148 Å². The molecule has 5 rings (SSSR count). The molecule has 0 saturated carbocycles. The second kappa shape index (κ2) is 16.4. The van der Waals surface area contributed by atoms with E-state index >= 15 is 0 Å². The van der Waals surface area contributed by atoms with E-state index in [1.807, 2.05) is 42.5 Å². The minimum absolute atomic E-state index is 0.309. The summed E-state index contributed by atoms with van der Waals surface area (Å²) in [5, 5.41) is 18.5. The number of hydrogen-bond acceptors (Lipinski definition) is 3. The highest BCUT2D eigenvalue weighted by molar-refractivity contribution is 5.96. The number of carbonyl (C=O) groups is 1. The third-order valence-electron chi connectivity index (χ3n) is 8.05. The smallest absolute Gasteiger partial charge is 0.346 e. The highest BCUT2D eigenvalue weighted by Crippen LogP contribution is 2.35. The topological polar surface area (TPSA) is 64.3 Å². The third kappa shape index (κ3) is 9.19. The molecule has 236 valence electrons. The van der Waals surface area contributed by atoms with Crippen molar-refractivity contribution in [3.8, 4) is 6.07 Å². The molecule has 0 radical (unpaired) electrons. The molecule has 0 aliphatic carbocycles. The van der Waals surface area contributed by atoms with Gasteiger partial charge in [0.25, 0.3) is 0 Å². The zero-order valence-electron chi connectivity index (χ0n) is 27.2. The molecule has 4 heteroatoms. The lowest BCUT2D eigenvalue weighted by atomic mass is 10.1. The Labute approximate surface area is 283 Å². The molecule has 1 unspecified atom stereocenters. The third-order valence-corrected chi connectivity index (χ3v) is 8.05. The average Bonchev–Trinajstić information content (AvgIpc) is 3.13. The fraction of sp³-hybridized carbons (Fsp3) is 0.0909. The molecule has 1 atom stereocenters. The molecule has 0 aliphatic rings. The first kappa shape index (κ1) is 33.2. The molecule has 4 nitrogen and oxygen atoms in total. The molecule has 48 heavy (non-hydrogen) atoms. The number of carboxylic acids is 1. The molecule has 0 aromatic heterocycles. The zero-order chi connectivity index (χ0) is 33.7. The van der Waals surface area contributed by atoms with Gasteiger partial charge in [-0.3, -0.25) is 0 Å². The van der Waals surface area contributed by atoms with Crippen LogP contribution in [0.2, 0.25) is 0 Å². The van der Waals surface area contributed by atoms with Gasteiger partial charge in [-0.25, -0.2) is 4.79 Å². The maximum Gasteiger partial charge on any atom is 0.346 e. The number of carboxylic acid groups (broad SMARTS) is 1. The number of rotatable bonds is 12. The predicted molar refractivity (Wildman–Crippen MR) is 202 cm³/mol. The van der Waals surface area contributed by atoms with Crippen molar-refractivity contribution < 1.29 is 9.90 Å². The van der Waals surface area contributed by atoms with Crippen LogP contribution in [0.4, 0.5) is 17.1 Å². The van der Waals surface area contributed by atoms with Crippen LogP contribution in [0.5, 0.6) is 0 Å². The van der Waals surface area contributed by atoms with Crippen LogP contribution in [-0.4, -0.2) is 11.1 Å². The molecule has 0 amide bonds. The number of allylic oxidation sites excluding steroid dienone is 1. The Balaban J connectivity index is 1.40. The Bertz CT molecular complexity index is 1960. The SMILES string of the molecule is CCC(C)/C=C\c1ccc(/C=C\c2ccc(N(c3ccc(/C=C\c4ccccc4)cc3)c3ccc(/C=C(/C#N)C(=O)O)cc3)cc2)cc1.